The van der Waals surface area contributed by atoms with E-state index in [1.165, 1.54) is 0 Å². The molecule has 0 spiro atoms. The molecule has 1 aliphatic heterocycles. The van der Waals surface area contributed by atoms with Crippen molar-refractivity contribution in [2.45, 2.75) is 26.4 Å². The molecule has 4 nitrogen and oxygen atoms in total. The van der Waals surface area contributed by atoms with Gasteiger partial charge in [0.25, 0.3) is 0 Å². The predicted octanol–water partition coefficient (Wildman–Crippen LogP) is 1.51. The highest BCUT2D eigenvalue weighted by atomic mass is 32.1. The average molecular weight is 269 g/mol. The molecule has 0 aliphatic carbocycles. The highest BCUT2D eigenvalue weighted by molar-refractivity contribution is 7.09. The van der Waals surface area contributed by atoms with Crippen LogP contribution in [0.4, 0.5) is 0 Å². The normalized spacial score (nSPS) is 20.2. The number of rotatable bonds is 5. The minimum absolute atomic E-state index is 0.346. The Balaban J connectivity index is 1.74. The molecule has 0 bridgehead atoms. The molecule has 1 aromatic rings. The van der Waals surface area contributed by atoms with Gasteiger partial charge in [-0.3, -0.25) is 0 Å². The maximum atomic E-state index is 10.2. The summed E-state index contributed by atoms with van der Waals surface area (Å²) in [4.78, 5) is 10.1. The van der Waals surface area contributed by atoms with Gasteiger partial charge in [-0.25, -0.2) is 4.98 Å². The van der Waals surface area contributed by atoms with Crippen LogP contribution in [0.1, 0.15) is 30.0 Å². The van der Waals surface area contributed by atoms with Gasteiger partial charge in [-0.05, 0) is 19.9 Å². The van der Waals surface area contributed by atoms with E-state index >= 15 is 0 Å². The number of aromatic nitrogens is 1. The van der Waals surface area contributed by atoms with Crippen molar-refractivity contribution in [2.24, 2.45) is 0 Å². The predicted molar refractivity (Wildman–Crippen MR) is 75.0 cm³/mol. The van der Waals surface area contributed by atoms with Crippen LogP contribution >= 0.6 is 11.3 Å². The van der Waals surface area contributed by atoms with Crippen molar-refractivity contribution >= 4 is 11.3 Å². The zero-order valence-electron chi connectivity index (χ0n) is 11.3. The summed E-state index contributed by atoms with van der Waals surface area (Å²) in [7, 11) is 0. The molecule has 0 saturated carbocycles. The van der Waals surface area contributed by atoms with Crippen molar-refractivity contribution in [3.05, 3.63) is 16.1 Å². The number of aliphatic hydroxyl groups is 1. The molecular formula is C13H23N3OS. The van der Waals surface area contributed by atoms with E-state index in [4.69, 9.17) is 0 Å². The van der Waals surface area contributed by atoms with Gasteiger partial charge in [0.05, 0.1) is 22.2 Å². The number of aryl methyl sites for hydroxylation is 1. The zero-order valence-corrected chi connectivity index (χ0v) is 12.1. The first kappa shape index (κ1) is 13.9. The van der Waals surface area contributed by atoms with E-state index in [1.54, 1.807) is 11.3 Å². The second-order valence-corrected chi connectivity index (χ2v) is 5.77. The van der Waals surface area contributed by atoms with Gasteiger partial charge in [0.15, 0.2) is 0 Å². The van der Waals surface area contributed by atoms with Crippen molar-refractivity contribution in [3.63, 3.8) is 0 Å². The summed E-state index contributed by atoms with van der Waals surface area (Å²) in [5, 5.41) is 10.2. The summed E-state index contributed by atoms with van der Waals surface area (Å²) >= 11 is 1.56. The summed E-state index contributed by atoms with van der Waals surface area (Å²) in [6, 6.07) is 0. The van der Waals surface area contributed by atoms with Crippen LogP contribution in [0.5, 0.6) is 0 Å². The fourth-order valence-corrected chi connectivity index (χ4v) is 3.22. The first-order chi connectivity index (χ1) is 8.70. The minimum atomic E-state index is -0.346. The molecule has 5 heteroatoms. The Hall–Kier alpha value is -0.490. The molecule has 18 heavy (non-hydrogen) atoms. The molecule has 1 fully saturated rings. The quantitative estimate of drug-likeness (QED) is 0.879. The van der Waals surface area contributed by atoms with Gasteiger partial charge in [0.2, 0.25) is 0 Å². The molecule has 2 heterocycles. The first-order valence-electron chi connectivity index (χ1n) is 6.73. The number of hydrogen-bond acceptors (Lipinski definition) is 5. The molecule has 0 radical (unpaired) electrons. The summed E-state index contributed by atoms with van der Waals surface area (Å²) in [6.45, 7) is 10.9. The van der Waals surface area contributed by atoms with E-state index in [9.17, 15) is 5.11 Å². The van der Waals surface area contributed by atoms with Crippen LogP contribution in [0, 0.1) is 6.92 Å². The van der Waals surface area contributed by atoms with Crippen LogP contribution in [0.2, 0.25) is 0 Å². The van der Waals surface area contributed by atoms with E-state index in [0.717, 1.165) is 56.3 Å². The van der Waals surface area contributed by atoms with Crippen LogP contribution in [0.25, 0.3) is 0 Å². The number of likely N-dealkylation sites (N-methyl/N-ethyl adjacent to an activating group) is 1. The summed E-state index contributed by atoms with van der Waals surface area (Å²) in [5.74, 6) is 0. The third kappa shape index (κ3) is 3.51. The van der Waals surface area contributed by atoms with Crippen LogP contribution in [0.3, 0.4) is 0 Å². The summed E-state index contributed by atoms with van der Waals surface area (Å²) in [6.07, 6.45) is 0.469. The fourth-order valence-electron chi connectivity index (χ4n) is 2.40. The molecule has 102 valence electrons. The number of nitrogens with zero attached hydrogens (tertiary/aromatic N) is 3. The van der Waals surface area contributed by atoms with Gasteiger partial charge in [-0.2, -0.15) is 0 Å². The molecular weight excluding hydrogens is 246 g/mol. The lowest BCUT2D eigenvalue weighted by Crippen LogP contribution is -2.46. The highest BCUT2D eigenvalue weighted by Crippen LogP contribution is 2.24. The zero-order chi connectivity index (χ0) is 13.0. The Labute approximate surface area is 113 Å². The lowest BCUT2D eigenvalue weighted by atomic mass is 10.1. The summed E-state index contributed by atoms with van der Waals surface area (Å²) < 4.78 is 0. The largest absolute Gasteiger partial charge is 0.387 e. The third-order valence-electron chi connectivity index (χ3n) is 3.72. The Morgan fingerprint density at radius 3 is 2.56 bits per heavy atom. The monoisotopic (exact) mass is 269 g/mol. The van der Waals surface area contributed by atoms with Crippen LogP contribution in [0.15, 0.2) is 5.51 Å². The SMILES string of the molecule is CCN1CCN(CCC(O)c2scnc2C)CC1. The van der Waals surface area contributed by atoms with Crippen molar-refractivity contribution in [1.29, 1.82) is 0 Å². The maximum absolute atomic E-state index is 10.2. The van der Waals surface area contributed by atoms with Gasteiger partial charge in [-0.15, -0.1) is 11.3 Å². The van der Waals surface area contributed by atoms with Gasteiger partial charge in [0.1, 0.15) is 0 Å². The second-order valence-electron chi connectivity index (χ2n) is 4.88. The van der Waals surface area contributed by atoms with Crippen LogP contribution in [-0.2, 0) is 0 Å². The van der Waals surface area contributed by atoms with Gasteiger partial charge in [0, 0.05) is 32.7 Å². The van der Waals surface area contributed by atoms with Crippen LogP contribution < -0.4 is 0 Å². The van der Waals surface area contributed by atoms with E-state index in [-0.39, 0.29) is 6.10 Å². The number of hydrogen-bond donors (Lipinski definition) is 1. The standard InChI is InChI=1S/C13H23N3OS/c1-3-15-6-8-16(9-7-15)5-4-12(17)13-11(2)14-10-18-13/h10,12,17H,3-9H2,1-2H3. The minimum Gasteiger partial charge on any atom is -0.387 e. The average Bonchev–Trinajstić information content (AvgIpc) is 2.83. The van der Waals surface area contributed by atoms with Crippen molar-refractivity contribution < 1.29 is 5.11 Å². The van der Waals surface area contributed by atoms with Crippen LogP contribution in [-0.4, -0.2) is 59.2 Å². The molecule has 2 rings (SSSR count). The molecule has 1 atom stereocenters. The second kappa shape index (κ2) is 6.61. The Morgan fingerprint density at radius 1 is 1.33 bits per heavy atom. The summed E-state index contributed by atoms with van der Waals surface area (Å²) in [5.41, 5.74) is 2.79. The van der Waals surface area contributed by atoms with Gasteiger partial charge < -0.3 is 14.9 Å². The van der Waals surface area contributed by atoms with E-state index in [2.05, 4.69) is 21.7 Å². The van der Waals surface area contributed by atoms with Gasteiger partial charge >= 0.3 is 0 Å². The van der Waals surface area contributed by atoms with Crippen molar-refractivity contribution in [2.75, 3.05) is 39.3 Å². The maximum Gasteiger partial charge on any atom is 0.0912 e. The van der Waals surface area contributed by atoms with Crippen molar-refractivity contribution in [3.8, 4) is 0 Å². The highest BCUT2D eigenvalue weighted by Gasteiger charge is 2.18. The Bertz CT molecular complexity index is 361. The molecule has 1 saturated heterocycles. The molecule has 1 aromatic heterocycles. The third-order valence-corrected chi connectivity index (χ3v) is 4.75. The van der Waals surface area contributed by atoms with E-state index in [0.29, 0.717) is 0 Å². The molecule has 0 amide bonds. The smallest absolute Gasteiger partial charge is 0.0912 e. The Kier molecular flexibility index (Phi) is 5.12. The van der Waals surface area contributed by atoms with Gasteiger partial charge in [-0.1, -0.05) is 6.92 Å². The molecule has 1 unspecified atom stereocenters. The lowest BCUT2D eigenvalue weighted by Gasteiger charge is -2.34. The molecule has 1 aliphatic rings. The lowest BCUT2D eigenvalue weighted by molar-refractivity contribution is 0.106. The number of thiazole rings is 1. The number of aliphatic hydroxyl groups excluding tert-OH is 1. The molecule has 0 aromatic carbocycles. The molecule has 1 N–H and O–H groups in total. The topological polar surface area (TPSA) is 39.6 Å². The fraction of sp³-hybridized carbons (Fsp3) is 0.769. The van der Waals surface area contributed by atoms with E-state index < -0.39 is 0 Å². The Morgan fingerprint density at radius 2 is 2.00 bits per heavy atom. The first-order valence-corrected chi connectivity index (χ1v) is 7.61. The van der Waals surface area contributed by atoms with E-state index in [1.807, 2.05) is 12.4 Å². The number of piperazine rings is 1. The van der Waals surface area contributed by atoms with Crippen molar-refractivity contribution in [1.82, 2.24) is 14.8 Å².